The lowest BCUT2D eigenvalue weighted by Crippen LogP contribution is -2.21. The molecule has 1 heterocycles. The maximum Gasteiger partial charge on any atom is 0.573 e. The molecule has 232 valence electrons. The second-order valence-corrected chi connectivity index (χ2v) is 9.45. The number of oxazole rings is 1. The fraction of sp³-hybridized carbons (Fsp3) is 0.323. The third kappa shape index (κ3) is 11.8. The van der Waals surface area contributed by atoms with Crippen LogP contribution in [0.5, 0.6) is 11.5 Å². The number of halogens is 4. The highest BCUT2D eigenvalue weighted by atomic mass is 35.5. The van der Waals surface area contributed by atoms with E-state index in [4.69, 9.17) is 18.6 Å². The summed E-state index contributed by atoms with van der Waals surface area (Å²) in [5, 5.41) is 3.11. The quantitative estimate of drug-likeness (QED) is 0.141. The zero-order valence-electron chi connectivity index (χ0n) is 23.9. The molecule has 0 fully saturated rings. The maximum atomic E-state index is 12.3. The molecular formula is C31H35ClF3N3O5. The molecule has 0 aliphatic heterocycles. The van der Waals surface area contributed by atoms with Gasteiger partial charge in [-0.2, -0.15) is 0 Å². The first-order chi connectivity index (χ1) is 20.2. The Kier molecular flexibility index (Phi) is 13.1. The summed E-state index contributed by atoms with van der Waals surface area (Å²) < 4.78 is 63.6. The molecule has 3 aromatic carbocycles. The second-order valence-electron chi connectivity index (χ2n) is 9.45. The number of rotatable bonds is 16. The summed E-state index contributed by atoms with van der Waals surface area (Å²) in [6.07, 6.45) is -0.907. The maximum absolute atomic E-state index is 12.3. The van der Waals surface area contributed by atoms with Gasteiger partial charge < -0.3 is 33.6 Å². The fourth-order valence-electron chi connectivity index (χ4n) is 3.90. The van der Waals surface area contributed by atoms with Gasteiger partial charge >= 0.3 is 6.36 Å². The molecule has 8 nitrogen and oxygen atoms in total. The van der Waals surface area contributed by atoms with Gasteiger partial charge in [0, 0.05) is 45.0 Å². The van der Waals surface area contributed by atoms with Crippen LogP contribution in [-0.4, -0.2) is 65.0 Å². The Labute approximate surface area is 254 Å². The zero-order valence-corrected chi connectivity index (χ0v) is 24.7. The van der Waals surface area contributed by atoms with Crippen LogP contribution < -0.4 is 19.7 Å². The van der Waals surface area contributed by atoms with Crippen molar-refractivity contribution < 1.29 is 36.5 Å². The molecule has 1 N–H and O–H groups in total. The molecule has 0 saturated heterocycles. The molecule has 0 radical (unpaired) electrons. The molecule has 0 saturated carbocycles. The number of hydrogen-bond acceptors (Lipinski definition) is 8. The molecule has 12 heteroatoms. The normalized spacial score (nSPS) is 11.6. The Morgan fingerprint density at radius 2 is 1.60 bits per heavy atom. The molecule has 4 aromatic rings. The third-order valence-corrected chi connectivity index (χ3v) is 5.96. The number of ether oxygens (including phenoxy) is 4. The van der Waals surface area contributed by atoms with Gasteiger partial charge in [-0.25, -0.2) is 4.98 Å². The van der Waals surface area contributed by atoms with Gasteiger partial charge in [0.25, 0.3) is 0 Å². The molecule has 43 heavy (non-hydrogen) atoms. The van der Waals surface area contributed by atoms with Crippen molar-refractivity contribution in [2.45, 2.75) is 12.9 Å². The molecule has 0 unspecified atom stereocenters. The first-order valence-corrected chi connectivity index (χ1v) is 13.4. The Morgan fingerprint density at radius 3 is 2.35 bits per heavy atom. The lowest BCUT2D eigenvalue weighted by Gasteiger charge is -2.11. The highest BCUT2D eigenvalue weighted by molar-refractivity contribution is 5.85. The van der Waals surface area contributed by atoms with E-state index in [1.165, 1.54) is 18.2 Å². The van der Waals surface area contributed by atoms with Crippen LogP contribution in [0.2, 0.25) is 0 Å². The largest absolute Gasteiger partial charge is 0.573 e. The van der Waals surface area contributed by atoms with E-state index < -0.39 is 6.36 Å². The minimum atomic E-state index is -4.71. The average Bonchev–Trinajstić information content (AvgIpc) is 3.36. The standard InChI is InChI=1S/C31H34F3N3O5.ClH/c1-37(2)25-9-6-23(7-10-25)8-13-30-36-28-12-11-26(21-29(28)41-30)40-19-18-39-17-16-38-15-14-35-22-24-4-3-5-27(20-24)42-31(32,33)34;/h3-13,20-21,35H,14-19,22H2,1-2H3;1H/b13-8+;. The summed E-state index contributed by atoms with van der Waals surface area (Å²) in [6, 6.07) is 19.6. The minimum absolute atomic E-state index is 0. The molecule has 0 aliphatic rings. The SMILES string of the molecule is CN(C)c1ccc(/C=C/c2nc3ccc(OCCOCCOCCNCc4cccc(OC(F)(F)F)c4)cc3o2)cc1.Cl. The lowest BCUT2D eigenvalue weighted by molar-refractivity contribution is -0.274. The van der Waals surface area contributed by atoms with E-state index in [-0.39, 0.29) is 18.2 Å². The number of anilines is 1. The Morgan fingerprint density at radius 1 is 0.860 bits per heavy atom. The van der Waals surface area contributed by atoms with E-state index in [0.717, 1.165) is 16.8 Å². The average molecular weight is 622 g/mol. The third-order valence-electron chi connectivity index (χ3n) is 5.96. The molecule has 0 bridgehead atoms. The van der Waals surface area contributed by atoms with Gasteiger partial charge in [0.2, 0.25) is 5.89 Å². The summed E-state index contributed by atoms with van der Waals surface area (Å²) in [6.45, 7) is 2.97. The van der Waals surface area contributed by atoms with Crippen LogP contribution in [0.4, 0.5) is 18.9 Å². The van der Waals surface area contributed by atoms with Crippen LogP contribution in [0, 0.1) is 0 Å². The molecule has 0 aliphatic carbocycles. The molecule has 1 aromatic heterocycles. The van der Waals surface area contributed by atoms with Gasteiger partial charge in [-0.1, -0.05) is 24.3 Å². The Hall–Kier alpha value is -3.77. The van der Waals surface area contributed by atoms with E-state index in [9.17, 15) is 13.2 Å². The highest BCUT2D eigenvalue weighted by Gasteiger charge is 2.31. The predicted molar refractivity (Wildman–Crippen MR) is 163 cm³/mol. The van der Waals surface area contributed by atoms with Crippen molar-refractivity contribution in [3.63, 3.8) is 0 Å². The van der Waals surface area contributed by atoms with Crippen LogP contribution in [0.1, 0.15) is 17.0 Å². The van der Waals surface area contributed by atoms with Crippen LogP contribution in [0.15, 0.2) is 71.1 Å². The van der Waals surface area contributed by atoms with Crippen molar-refractivity contribution in [1.82, 2.24) is 10.3 Å². The van der Waals surface area contributed by atoms with Crippen molar-refractivity contribution >= 4 is 41.3 Å². The van der Waals surface area contributed by atoms with Crippen LogP contribution in [0.3, 0.4) is 0 Å². The monoisotopic (exact) mass is 621 g/mol. The molecule has 0 amide bonds. The highest BCUT2D eigenvalue weighted by Crippen LogP contribution is 2.24. The first-order valence-electron chi connectivity index (χ1n) is 13.4. The number of aromatic nitrogens is 1. The Balaban J connectivity index is 0.00000506. The number of nitrogens with one attached hydrogen (secondary N) is 1. The topological polar surface area (TPSA) is 78.2 Å². The van der Waals surface area contributed by atoms with E-state index in [2.05, 4.69) is 32.1 Å². The summed E-state index contributed by atoms with van der Waals surface area (Å²) in [5.74, 6) is 0.940. The van der Waals surface area contributed by atoms with E-state index in [0.29, 0.717) is 68.9 Å². The first kappa shape index (κ1) is 33.7. The van der Waals surface area contributed by atoms with Gasteiger partial charge in [-0.15, -0.1) is 25.6 Å². The minimum Gasteiger partial charge on any atom is -0.491 e. The van der Waals surface area contributed by atoms with Gasteiger partial charge in [0.05, 0.1) is 26.4 Å². The van der Waals surface area contributed by atoms with Crippen LogP contribution in [0.25, 0.3) is 23.3 Å². The van der Waals surface area contributed by atoms with E-state index in [1.54, 1.807) is 12.1 Å². The summed E-state index contributed by atoms with van der Waals surface area (Å²) >= 11 is 0. The van der Waals surface area contributed by atoms with Crippen molar-refractivity contribution in [1.29, 1.82) is 0 Å². The van der Waals surface area contributed by atoms with Crippen molar-refractivity contribution in [3.05, 3.63) is 83.7 Å². The van der Waals surface area contributed by atoms with Gasteiger partial charge in [0.15, 0.2) is 5.58 Å². The van der Waals surface area contributed by atoms with Crippen molar-refractivity contribution in [2.75, 3.05) is 58.6 Å². The zero-order chi connectivity index (χ0) is 29.8. The van der Waals surface area contributed by atoms with E-state index in [1.807, 2.05) is 50.5 Å². The van der Waals surface area contributed by atoms with Gasteiger partial charge in [0.1, 0.15) is 23.6 Å². The second kappa shape index (κ2) is 16.8. The summed E-state index contributed by atoms with van der Waals surface area (Å²) in [7, 11) is 4.01. The fourth-order valence-corrected chi connectivity index (χ4v) is 3.90. The predicted octanol–water partition coefficient (Wildman–Crippen LogP) is 6.59. The number of hydrogen-bond donors (Lipinski definition) is 1. The van der Waals surface area contributed by atoms with Crippen molar-refractivity contribution in [2.24, 2.45) is 0 Å². The Bertz CT molecular complexity index is 1430. The van der Waals surface area contributed by atoms with Gasteiger partial charge in [-0.3, -0.25) is 0 Å². The smallest absolute Gasteiger partial charge is 0.491 e. The number of fused-ring (bicyclic) bond motifs is 1. The summed E-state index contributed by atoms with van der Waals surface area (Å²) in [5.41, 5.74) is 4.26. The summed E-state index contributed by atoms with van der Waals surface area (Å²) in [4.78, 5) is 6.55. The van der Waals surface area contributed by atoms with Crippen LogP contribution in [-0.2, 0) is 16.0 Å². The molecule has 0 spiro atoms. The number of nitrogens with zero attached hydrogens (tertiary/aromatic N) is 2. The number of benzene rings is 3. The number of alkyl halides is 3. The molecule has 4 rings (SSSR count). The molecule has 0 atom stereocenters. The van der Waals surface area contributed by atoms with Crippen LogP contribution >= 0.6 is 12.4 Å². The van der Waals surface area contributed by atoms with Crippen molar-refractivity contribution in [3.8, 4) is 11.5 Å². The lowest BCUT2D eigenvalue weighted by atomic mass is 10.2. The molecular weight excluding hydrogens is 587 g/mol. The van der Waals surface area contributed by atoms with Gasteiger partial charge in [-0.05, 0) is 53.6 Å². The van der Waals surface area contributed by atoms with E-state index >= 15 is 0 Å².